The molecule has 0 aliphatic rings. The van der Waals surface area contributed by atoms with E-state index in [4.69, 9.17) is 4.74 Å². The molecule has 1 aromatic rings. The summed E-state index contributed by atoms with van der Waals surface area (Å²) >= 11 is 0. The van der Waals surface area contributed by atoms with Gasteiger partial charge in [-0.25, -0.2) is 9.38 Å². The second-order valence-corrected chi connectivity index (χ2v) is 5.56. The van der Waals surface area contributed by atoms with Gasteiger partial charge in [-0.15, -0.1) is 24.0 Å². The molecule has 148 valence electrons. The van der Waals surface area contributed by atoms with Crippen molar-refractivity contribution < 1.29 is 18.7 Å². The van der Waals surface area contributed by atoms with Crippen LogP contribution in [0, 0.1) is 5.82 Å². The quantitative estimate of drug-likeness (QED) is 0.177. The molecule has 1 rings (SSSR count). The van der Waals surface area contributed by atoms with E-state index in [0.29, 0.717) is 24.7 Å². The van der Waals surface area contributed by atoms with Crippen LogP contribution in [0.4, 0.5) is 4.39 Å². The average Bonchev–Trinajstić information content (AvgIpc) is 2.61. The van der Waals surface area contributed by atoms with Gasteiger partial charge in [-0.05, 0) is 51.0 Å². The van der Waals surface area contributed by atoms with Crippen LogP contribution in [0.15, 0.2) is 29.3 Å². The molecule has 0 amide bonds. The van der Waals surface area contributed by atoms with Crippen molar-refractivity contribution in [3.63, 3.8) is 0 Å². The maximum Gasteiger partial charge on any atom is 0.305 e. The fourth-order valence-corrected chi connectivity index (χ4v) is 2.05. The minimum Gasteiger partial charge on any atom is -0.489 e. The standard InChI is InChI=1S/C18H28FN3O3.HI/c1-4-20-18(21-12-6-5-7-17(23)24-3)22-13-14(2)25-16-10-8-15(19)9-11-16;/h8-11,14H,4-7,12-13H2,1-3H3,(H2,20,21,22);1H. The number of carbonyl (C=O) groups excluding carboxylic acids is 1. The summed E-state index contributed by atoms with van der Waals surface area (Å²) in [5.74, 6) is 0.844. The fraction of sp³-hybridized carbons (Fsp3) is 0.556. The van der Waals surface area contributed by atoms with Crippen LogP contribution in [0.3, 0.4) is 0 Å². The molecule has 1 atom stereocenters. The molecule has 0 aromatic heterocycles. The summed E-state index contributed by atoms with van der Waals surface area (Å²) in [5, 5.41) is 6.38. The van der Waals surface area contributed by atoms with E-state index in [0.717, 1.165) is 25.9 Å². The Balaban J connectivity index is 0.00000625. The van der Waals surface area contributed by atoms with Crippen molar-refractivity contribution in [2.75, 3.05) is 26.7 Å². The first-order valence-electron chi connectivity index (χ1n) is 8.56. The summed E-state index contributed by atoms with van der Waals surface area (Å²) in [6.45, 7) is 5.84. The van der Waals surface area contributed by atoms with Gasteiger partial charge in [0.15, 0.2) is 5.96 Å². The van der Waals surface area contributed by atoms with Gasteiger partial charge in [-0.1, -0.05) is 0 Å². The van der Waals surface area contributed by atoms with Crippen molar-refractivity contribution in [1.82, 2.24) is 10.6 Å². The molecule has 0 bridgehead atoms. The van der Waals surface area contributed by atoms with Gasteiger partial charge in [0.1, 0.15) is 17.7 Å². The highest BCUT2D eigenvalue weighted by atomic mass is 127. The van der Waals surface area contributed by atoms with Gasteiger partial charge in [0.05, 0.1) is 13.7 Å². The Labute approximate surface area is 172 Å². The smallest absolute Gasteiger partial charge is 0.305 e. The van der Waals surface area contributed by atoms with Gasteiger partial charge < -0.3 is 20.1 Å². The molecule has 0 spiro atoms. The first kappa shape index (κ1) is 24.4. The average molecular weight is 481 g/mol. The third-order valence-electron chi connectivity index (χ3n) is 3.33. The largest absolute Gasteiger partial charge is 0.489 e. The Bertz CT molecular complexity index is 541. The number of benzene rings is 1. The van der Waals surface area contributed by atoms with E-state index in [9.17, 15) is 9.18 Å². The number of halogens is 2. The highest BCUT2D eigenvalue weighted by Crippen LogP contribution is 2.13. The van der Waals surface area contributed by atoms with Crippen molar-refractivity contribution >= 4 is 35.9 Å². The molecule has 0 fully saturated rings. The number of nitrogens with zero attached hydrogens (tertiary/aromatic N) is 1. The lowest BCUT2D eigenvalue weighted by Gasteiger charge is -2.15. The molecule has 0 aliphatic heterocycles. The monoisotopic (exact) mass is 481 g/mol. The molecule has 0 saturated heterocycles. The molecule has 1 aromatic carbocycles. The summed E-state index contributed by atoms with van der Waals surface area (Å²) in [7, 11) is 1.39. The van der Waals surface area contributed by atoms with Gasteiger partial charge in [0.25, 0.3) is 0 Å². The molecule has 6 nitrogen and oxygen atoms in total. The molecule has 2 N–H and O–H groups in total. The molecule has 0 aliphatic carbocycles. The lowest BCUT2D eigenvalue weighted by Crippen LogP contribution is -2.38. The Morgan fingerprint density at radius 1 is 1.23 bits per heavy atom. The van der Waals surface area contributed by atoms with E-state index >= 15 is 0 Å². The number of unbranched alkanes of at least 4 members (excludes halogenated alkanes) is 1. The number of carbonyl (C=O) groups is 1. The summed E-state index contributed by atoms with van der Waals surface area (Å²) < 4.78 is 23.2. The van der Waals surface area contributed by atoms with Crippen LogP contribution in [0.2, 0.25) is 0 Å². The SMILES string of the molecule is CCNC(=NCC(C)Oc1ccc(F)cc1)NCCCCC(=O)OC.I. The van der Waals surface area contributed by atoms with Crippen molar-refractivity contribution in [2.45, 2.75) is 39.2 Å². The number of ether oxygens (including phenoxy) is 2. The topological polar surface area (TPSA) is 72.0 Å². The number of methoxy groups -OCH3 is 1. The molecule has 1 unspecified atom stereocenters. The number of hydrogen-bond donors (Lipinski definition) is 2. The van der Waals surface area contributed by atoms with E-state index in [1.807, 2.05) is 13.8 Å². The third kappa shape index (κ3) is 11.1. The fourth-order valence-electron chi connectivity index (χ4n) is 2.05. The van der Waals surface area contributed by atoms with Gasteiger partial charge >= 0.3 is 5.97 Å². The van der Waals surface area contributed by atoms with E-state index in [-0.39, 0.29) is 41.9 Å². The van der Waals surface area contributed by atoms with Gasteiger partial charge in [-0.2, -0.15) is 0 Å². The summed E-state index contributed by atoms with van der Waals surface area (Å²) in [5.41, 5.74) is 0. The predicted octanol–water partition coefficient (Wildman–Crippen LogP) is 3.11. The normalized spacial score (nSPS) is 11.9. The molecule has 8 heteroatoms. The van der Waals surface area contributed by atoms with E-state index < -0.39 is 0 Å². The minimum absolute atomic E-state index is 0. The molecule has 0 radical (unpaired) electrons. The van der Waals surface area contributed by atoms with Crippen LogP contribution in [-0.2, 0) is 9.53 Å². The van der Waals surface area contributed by atoms with Crippen LogP contribution in [0.1, 0.15) is 33.1 Å². The van der Waals surface area contributed by atoms with Crippen molar-refractivity contribution in [3.8, 4) is 5.75 Å². The Morgan fingerprint density at radius 3 is 2.54 bits per heavy atom. The van der Waals surface area contributed by atoms with Crippen LogP contribution in [0.5, 0.6) is 5.75 Å². The highest BCUT2D eigenvalue weighted by Gasteiger charge is 2.05. The van der Waals surface area contributed by atoms with Crippen LogP contribution < -0.4 is 15.4 Å². The zero-order valence-electron chi connectivity index (χ0n) is 15.6. The second kappa shape index (κ2) is 14.6. The highest BCUT2D eigenvalue weighted by molar-refractivity contribution is 14.0. The maximum absolute atomic E-state index is 12.9. The zero-order chi connectivity index (χ0) is 18.5. The maximum atomic E-state index is 12.9. The number of esters is 1. The zero-order valence-corrected chi connectivity index (χ0v) is 17.9. The van der Waals surface area contributed by atoms with Gasteiger partial charge in [0.2, 0.25) is 0 Å². The van der Waals surface area contributed by atoms with Gasteiger partial charge in [-0.3, -0.25) is 4.79 Å². The van der Waals surface area contributed by atoms with Crippen molar-refractivity contribution in [1.29, 1.82) is 0 Å². The number of hydrogen-bond acceptors (Lipinski definition) is 4. The van der Waals surface area contributed by atoms with E-state index in [1.54, 1.807) is 12.1 Å². The van der Waals surface area contributed by atoms with Crippen LogP contribution >= 0.6 is 24.0 Å². The number of rotatable bonds is 10. The summed E-state index contributed by atoms with van der Waals surface area (Å²) in [4.78, 5) is 15.5. The lowest BCUT2D eigenvalue weighted by molar-refractivity contribution is -0.140. The lowest BCUT2D eigenvalue weighted by atomic mass is 10.2. The molecule has 0 saturated carbocycles. The van der Waals surface area contributed by atoms with Crippen molar-refractivity contribution in [2.24, 2.45) is 4.99 Å². The summed E-state index contributed by atoms with van der Waals surface area (Å²) in [6, 6.07) is 5.93. The summed E-state index contributed by atoms with van der Waals surface area (Å²) in [6.07, 6.45) is 1.90. The Morgan fingerprint density at radius 2 is 1.92 bits per heavy atom. The first-order chi connectivity index (χ1) is 12.0. The predicted molar refractivity (Wildman–Crippen MR) is 112 cm³/mol. The Kier molecular flexibility index (Phi) is 13.7. The van der Waals surface area contributed by atoms with Crippen molar-refractivity contribution in [3.05, 3.63) is 30.1 Å². The number of aliphatic imine (C=N–C) groups is 1. The third-order valence-corrected chi connectivity index (χ3v) is 3.33. The molecule has 0 heterocycles. The van der Waals surface area contributed by atoms with Crippen LogP contribution in [0.25, 0.3) is 0 Å². The van der Waals surface area contributed by atoms with Crippen LogP contribution in [-0.4, -0.2) is 44.8 Å². The number of nitrogens with one attached hydrogen (secondary N) is 2. The van der Waals surface area contributed by atoms with E-state index in [1.165, 1.54) is 19.2 Å². The number of guanidine groups is 1. The molecule has 26 heavy (non-hydrogen) atoms. The second-order valence-electron chi connectivity index (χ2n) is 5.56. The van der Waals surface area contributed by atoms with E-state index in [2.05, 4.69) is 20.4 Å². The Hall–Kier alpha value is -1.58. The molecular weight excluding hydrogens is 452 g/mol. The van der Waals surface area contributed by atoms with Gasteiger partial charge in [0, 0.05) is 19.5 Å². The minimum atomic E-state index is -0.288. The molecular formula is C18H29FIN3O3. The first-order valence-corrected chi connectivity index (χ1v) is 8.56.